The minimum absolute atomic E-state index is 0.152. The summed E-state index contributed by atoms with van der Waals surface area (Å²) in [6.45, 7) is 0. The molecule has 3 aromatic rings. The van der Waals surface area contributed by atoms with Gasteiger partial charge in [-0.05, 0) is 36.4 Å². The van der Waals surface area contributed by atoms with Crippen LogP contribution in [-0.4, -0.2) is 31.3 Å². The van der Waals surface area contributed by atoms with Gasteiger partial charge in [0, 0.05) is 17.5 Å². The molecule has 30 heavy (non-hydrogen) atoms. The number of nitrogens with zero attached hydrogens (tertiary/aromatic N) is 2. The first kappa shape index (κ1) is 19.8. The van der Waals surface area contributed by atoms with Crippen molar-refractivity contribution in [1.29, 1.82) is 0 Å². The smallest absolute Gasteiger partial charge is 0.274 e. The van der Waals surface area contributed by atoms with Crippen molar-refractivity contribution >= 4 is 27.3 Å². The van der Waals surface area contributed by atoms with E-state index in [9.17, 15) is 17.6 Å². The third-order valence-electron chi connectivity index (χ3n) is 4.59. The maximum Gasteiger partial charge on any atom is 0.274 e. The number of hydrazone groups is 1. The van der Waals surface area contributed by atoms with Crippen molar-refractivity contribution in [3.05, 3.63) is 89.6 Å². The Hall–Kier alpha value is -3.46. The van der Waals surface area contributed by atoms with Gasteiger partial charge in [-0.2, -0.15) is 5.10 Å². The third kappa shape index (κ3) is 4.11. The number of sulfonamides is 1. The van der Waals surface area contributed by atoms with E-state index in [4.69, 9.17) is 4.42 Å². The molecule has 2 aromatic carbocycles. The van der Waals surface area contributed by atoms with E-state index >= 15 is 0 Å². The molecule has 1 atom stereocenters. The van der Waals surface area contributed by atoms with Gasteiger partial charge in [-0.3, -0.25) is 9.52 Å². The summed E-state index contributed by atoms with van der Waals surface area (Å²) in [5.74, 6) is -0.493. The van der Waals surface area contributed by atoms with Crippen molar-refractivity contribution in [2.75, 3.05) is 11.0 Å². The number of amides is 1. The lowest BCUT2D eigenvalue weighted by Gasteiger charge is -2.19. The van der Waals surface area contributed by atoms with Crippen LogP contribution in [0.25, 0.3) is 0 Å². The van der Waals surface area contributed by atoms with Crippen LogP contribution in [0.15, 0.2) is 76.4 Å². The highest BCUT2D eigenvalue weighted by molar-refractivity contribution is 7.92. The summed E-state index contributed by atoms with van der Waals surface area (Å²) in [4.78, 5) is 13.1. The highest BCUT2D eigenvalue weighted by Crippen LogP contribution is 2.35. The molecule has 0 aliphatic carbocycles. The Morgan fingerprint density at radius 2 is 1.97 bits per heavy atom. The van der Waals surface area contributed by atoms with Gasteiger partial charge in [0.25, 0.3) is 5.91 Å². The number of benzene rings is 2. The highest BCUT2D eigenvalue weighted by atomic mass is 32.2. The van der Waals surface area contributed by atoms with E-state index in [1.165, 1.54) is 29.5 Å². The Morgan fingerprint density at radius 1 is 1.17 bits per heavy atom. The third-order valence-corrected chi connectivity index (χ3v) is 5.19. The molecule has 1 amide bonds. The topological polar surface area (TPSA) is 92.0 Å². The van der Waals surface area contributed by atoms with E-state index in [0.29, 0.717) is 29.1 Å². The van der Waals surface area contributed by atoms with Gasteiger partial charge in [-0.1, -0.05) is 24.3 Å². The molecule has 1 aliphatic rings. The number of furan rings is 1. The van der Waals surface area contributed by atoms with Crippen molar-refractivity contribution in [3.63, 3.8) is 0 Å². The van der Waals surface area contributed by atoms with Crippen LogP contribution in [-0.2, 0) is 10.0 Å². The lowest BCUT2D eigenvalue weighted by atomic mass is 10.0. The average Bonchev–Trinajstić information content (AvgIpc) is 3.36. The average molecular weight is 427 g/mol. The number of carbonyl (C=O) groups excluding carboxylic acids is 1. The lowest BCUT2D eigenvalue weighted by Crippen LogP contribution is -2.26. The van der Waals surface area contributed by atoms with Crippen LogP contribution < -0.4 is 4.72 Å². The molecule has 1 aliphatic heterocycles. The van der Waals surface area contributed by atoms with E-state index in [1.807, 2.05) is 0 Å². The van der Waals surface area contributed by atoms with E-state index in [1.54, 1.807) is 36.4 Å². The minimum atomic E-state index is -3.51. The molecule has 9 heteroatoms. The van der Waals surface area contributed by atoms with Crippen molar-refractivity contribution in [3.8, 4) is 0 Å². The number of rotatable bonds is 5. The standard InChI is InChI=1S/C21H18FN3O4S/c1-30(27,28)24-17-9-3-2-8-16(17)18-13-19(20-10-5-11-29-20)25(23-18)21(26)14-6-4-7-15(22)12-14/h2-12,19,24H,13H2,1H3. The number of hydrogen-bond donors (Lipinski definition) is 1. The number of carbonyl (C=O) groups is 1. The van der Waals surface area contributed by atoms with Crippen LogP contribution in [0.5, 0.6) is 0 Å². The van der Waals surface area contributed by atoms with Crippen molar-refractivity contribution in [2.45, 2.75) is 12.5 Å². The summed E-state index contributed by atoms with van der Waals surface area (Å²) >= 11 is 0. The maximum atomic E-state index is 13.6. The van der Waals surface area contributed by atoms with Gasteiger partial charge < -0.3 is 4.42 Å². The largest absolute Gasteiger partial charge is 0.467 e. The molecule has 4 rings (SSSR count). The Morgan fingerprint density at radius 3 is 2.67 bits per heavy atom. The number of hydrogen-bond acceptors (Lipinski definition) is 5. The van der Waals surface area contributed by atoms with Crippen molar-refractivity contribution in [2.24, 2.45) is 5.10 Å². The van der Waals surface area contributed by atoms with Gasteiger partial charge in [-0.15, -0.1) is 0 Å². The first-order chi connectivity index (χ1) is 14.3. The quantitative estimate of drug-likeness (QED) is 0.671. The number of nitrogens with one attached hydrogen (secondary N) is 1. The second-order valence-corrected chi connectivity index (χ2v) is 8.61. The molecular weight excluding hydrogens is 409 g/mol. The Kier molecular flexibility index (Phi) is 5.13. The molecule has 154 valence electrons. The zero-order chi connectivity index (χ0) is 21.3. The molecule has 1 aromatic heterocycles. The summed E-state index contributed by atoms with van der Waals surface area (Å²) in [6.07, 6.45) is 2.86. The van der Waals surface area contributed by atoms with E-state index in [2.05, 4.69) is 9.82 Å². The SMILES string of the molecule is CS(=O)(=O)Nc1ccccc1C1=NN(C(=O)c2cccc(F)c2)C(c2ccco2)C1. The molecule has 0 bridgehead atoms. The molecule has 7 nitrogen and oxygen atoms in total. The molecule has 1 unspecified atom stereocenters. The van der Waals surface area contributed by atoms with Crippen LogP contribution in [0.3, 0.4) is 0 Å². The van der Waals surface area contributed by atoms with Crippen LogP contribution >= 0.6 is 0 Å². The predicted molar refractivity (Wildman–Crippen MR) is 110 cm³/mol. The fourth-order valence-corrected chi connectivity index (χ4v) is 3.92. The van der Waals surface area contributed by atoms with Gasteiger partial charge in [0.2, 0.25) is 10.0 Å². The normalized spacial score (nSPS) is 16.4. The zero-order valence-electron chi connectivity index (χ0n) is 15.9. The van der Waals surface area contributed by atoms with Gasteiger partial charge in [0.1, 0.15) is 17.6 Å². The maximum absolute atomic E-state index is 13.6. The Balaban J connectivity index is 1.76. The summed E-state index contributed by atoms with van der Waals surface area (Å²) in [5.41, 5.74) is 1.57. The van der Waals surface area contributed by atoms with Gasteiger partial charge in [-0.25, -0.2) is 17.8 Å². The van der Waals surface area contributed by atoms with Gasteiger partial charge in [0.15, 0.2) is 0 Å². The van der Waals surface area contributed by atoms with E-state index in [-0.39, 0.29) is 5.56 Å². The summed E-state index contributed by atoms with van der Waals surface area (Å²) in [6, 6.07) is 15.1. The van der Waals surface area contributed by atoms with Crippen LogP contribution in [0.2, 0.25) is 0 Å². The fourth-order valence-electron chi connectivity index (χ4n) is 3.34. The summed E-state index contributed by atoms with van der Waals surface area (Å²) in [7, 11) is -3.51. The predicted octanol–water partition coefficient (Wildman–Crippen LogP) is 3.78. The van der Waals surface area contributed by atoms with Crippen molar-refractivity contribution < 1.29 is 22.0 Å². The molecular formula is C21H18FN3O4S. The Labute approximate surface area is 172 Å². The van der Waals surface area contributed by atoms with E-state index < -0.39 is 27.8 Å². The summed E-state index contributed by atoms with van der Waals surface area (Å²) in [5, 5.41) is 5.73. The van der Waals surface area contributed by atoms with Gasteiger partial charge >= 0.3 is 0 Å². The van der Waals surface area contributed by atoms with Crippen LogP contribution in [0.1, 0.15) is 34.1 Å². The molecule has 1 N–H and O–H groups in total. The minimum Gasteiger partial charge on any atom is -0.467 e. The number of anilines is 1. The zero-order valence-corrected chi connectivity index (χ0v) is 16.8. The molecule has 0 saturated heterocycles. The molecule has 0 saturated carbocycles. The molecule has 2 heterocycles. The van der Waals surface area contributed by atoms with Crippen molar-refractivity contribution in [1.82, 2.24) is 5.01 Å². The molecule has 0 fully saturated rings. The number of halogens is 1. The summed E-state index contributed by atoms with van der Waals surface area (Å²) < 4.78 is 45.1. The second-order valence-electron chi connectivity index (χ2n) is 6.86. The van der Waals surface area contributed by atoms with Gasteiger partial charge in [0.05, 0.1) is 23.9 Å². The molecule has 0 spiro atoms. The fraction of sp³-hybridized carbons (Fsp3) is 0.143. The first-order valence-electron chi connectivity index (χ1n) is 9.09. The molecule has 0 radical (unpaired) electrons. The van der Waals surface area contributed by atoms with E-state index in [0.717, 1.165) is 12.3 Å². The highest BCUT2D eigenvalue weighted by Gasteiger charge is 2.36. The lowest BCUT2D eigenvalue weighted by molar-refractivity contribution is 0.0692. The van der Waals surface area contributed by atoms with Crippen LogP contribution in [0.4, 0.5) is 10.1 Å². The van der Waals surface area contributed by atoms with Crippen LogP contribution in [0, 0.1) is 5.82 Å². The first-order valence-corrected chi connectivity index (χ1v) is 11.0. The number of para-hydroxylation sites is 1. The second kappa shape index (κ2) is 7.75. The Bertz CT molecular complexity index is 1220. The monoisotopic (exact) mass is 427 g/mol.